The van der Waals surface area contributed by atoms with Crippen molar-refractivity contribution in [3.05, 3.63) is 40.7 Å². The average Bonchev–Trinajstić information content (AvgIpc) is 3.24. The van der Waals surface area contributed by atoms with Gasteiger partial charge in [0.25, 0.3) is 5.89 Å². The van der Waals surface area contributed by atoms with Crippen molar-refractivity contribution in [3.63, 3.8) is 0 Å². The fraction of sp³-hybridized carbons (Fsp3) is 0.273. The van der Waals surface area contributed by atoms with Crippen molar-refractivity contribution in [2.75, 3.05) is 0 Å². The minimum absolute atomic E-state index is 0.0193. The molecular weight excluding hydrogens is 316 g/mol. The Kier molecular flexibility index (Phi) is 3.78. The zero-order valence-electron chi connectivity index (χ0n) is 11.4. The predicted octanol–water partition coefficient (Wildman–Crippen LogP) is 1.68. The van der Waals surface area contributed by atoms with Crippen LogP contribution in [0.3, 0.4) is 0 Å². The molecular formula is C11H9F2N7O3. The molecule has 0 spiro atoms. The maximum atomic E-state index is 12.4. The van der Waals surface area contributed by atoms with Crippen LogP contribution in [0.15, 0.2) is 29.1 Å². The molecule has 0 saturated heterocycles. The Balaban J connectivity index is 1.65. The van der Waals surface area contributed by atoms with Crippen molar-refractivity contribution in [1.29, 1.82) is 0 Å². The molecule has 0 aliphatic rings. The molecule has 23 heavy (non-hydrogen) atoms. The van der Waals surface area contributed by atoms with Crippen LogP contribution in [-0.2, 0) is 13.0 Å². The highest BCUT2D eigenvalue weighted by atomic mass is 19.3. The first-order valence-electron chi connectivity index (χ1n) is 6.36. The SMILES string of the molecule is O=[N+]([O-])c1cnn(CCc2nnc(-c3ccn(C(F)F)n3)o2)c1. The summed E-state index contributed by atoms with van der Waals surface area (Å²) in [5, 5.41) is 25.5. The lowest BCUT2D eigenvalue weighted by molar-refractivity contribution is -0.385. The van der Waals surface area contributed by atoms with Crippen molar-refractivity contribution in [3.8, 4) is 11.6 Å². The van der Waals surface area contributed by atoms with E-state index in [0.29, 0.717) is 11.2 Å². The maximum absolute atomic E-state index is 12.4. The number of aryl methyl sites for hydroxylation is 2. The van der Waals surface area contributed by atoms with Crippen LogP contribution in [0.4, 0.5) is 14.5 Å². The zero-order chi connectivity index (χ0) is 16.4. The molecule has 0 aromatic carbocycles. The van der Waals surface area contributed by atoms with Crippen molar-refractivity contribution in [2.45, 2.75) is 19.5 Å². The number of aromatic nitrogens is 6. The molecule has 10 nitrogen and oxygen atoms in total. The molecule has 0 radical (unpaired) electrons. The summed E-state index contributed by atoms with van der Waals surface area (Å²) < 4.78 is 32.1. The number of rotatable bonds is 6. The topological polar surface area (TPSA) is 118 Å². The number of nitro groups is 1. The summed E-state index contributed by atoms with van der Waals surface area (Å²) in [6, 6.07) is 1.33. The van der Waals surface area contributed by atoms with E-state index in [1.807, 2.05) is 0 Å². The van der Waals surface area contributed by atoms with Crippen LogP contribution in [0.1, 0.15) is 12.4 Å². The van der Waals surface area contributed by atoms with Crippen molar-refractivity contribution in [1.82, 2.24) is 29.8 Å². The molecule has 0 amide bonds. The van der Waals surface area contributed by atoms with Crippen LogP contribution in [0.2, 0.25) is 0 Å². The van der Waals surface area contributed by atoms with Crippen LogP contribution in [-0.4, -0.2) is 34.7 Å². The fourth-order valence-corrected chi connectivity index (χ4v) is 1.80. The van der Waals surface area contributed by atoms with Gasteiger partial charge in [-0.05, 0) is 6.07 Å². The molecule has 0 N–H and O–H groups in total. The molecule has 3 rings (SSSR count). The van der Waals surface area contributed by atoms with Gasteiger partial charge in [0, 0.05) is 19.2 Å². The standard InChI is InChI=1S/C11H9F2N7O3/c12-11(13)19-4-1-8(17-19)10-16-15-9(23-10)2-3-18-6-7(5-14-18)20(21)22/h1,4-6,11H,2-3H2. The Labute approximate surface area is 126 Å². The summed E-state index contributed by atoms with van der Waals surface area (Å²) in [6.45, 7) is -2.46. The quantitative estimate of drug-likeness (QED) is 0.499. The van der Waals surface area contributed by atoms with Gasteiger partial charge in [-0.1, -0.05) is 0 Å². The second-order valence-electron chi connectivity index (χ2n) is 4.43. The molecule has 120 valence electrons. The van der Waals surface area contributed by atoms with Crippen LogP contribution >= 0.6 is 0 Å². The van der Waals surface area contributed by atoms with E-state index < -0.39 is 11.5 Å². The van der Waals surface area contributed by atoms with Gasteiger partial charge in [-0.25, -0.2) is 4.68 Å². The summed E-state index contributed by atoms with van der Waals surface area (Å²) in [4.78, 5) is 10.00. The van der Waals surface area contributed by atoms with Gasteiger partial charge >= 0.3 is 12.2 Å². The van der Waals surface area contributed by atoms with E-state index in [4.69, 9.17) is 4.42 Å². The molecule has 3 aromatic rings. The third kappa shape index (κ3) is 3.20. The molecule has 0 bridgehead atoms. The summed E-state index contributed by atoms with van der Waals surface area (Å²) in [5.74, 6) is 0.260. The van der Waals surface area contributed by atoms with E-state index in [9.17, 15) is 18.9 Å². The highest BCUT2D eigenvalue weighted by Crippen LogP contribution is 2.18. The van der Waals surface area contributed by atoms with E-state index in [1.165, 1.54) is 16.9 Å². The van der Waals surface area contributed by atoms with E-state index in [2.05, 4.69) is 20.4 Å². The van der Waals surface area contributed by atoms with E-state index in [1.54, 1.807) is 0 Å². The Morgan fingerprint density at radius 1 is 1.39 bits per heavy atom. The molecule has 0 atom stereocenters. The Morgan fingerprint density at radius 3 is 2.87 bits per heavy atom. The molecule has 12 heteroatoms. The number of alkyl halides is 2. The van der Waals surface area contributed by atoms with Crippen LogP contribution in [0.5, 0.6) is 0 Å². The number of halogens is 2. The normalized spacial score (nSPS) is 11.3. The number of hydrogen-bond donors (Lipinski definition) is 0. The monoisotopic (exact) mass is 325 g/mol. The van der Waals surface area contributed by atoms with Gasteiger partial charge in [-0.15, -0.1) is 10.2 Å². The minimum Gasteiger partial charge on any atom is -0.419 e. The molecule has 0 aliphatic heterocycles. The summed E-state index contributed by atoms with van der Waals surface area (Å²) in [5.41, 5.74) is 0.0209. The Hall–Kier alpha value is -3.18. The summed E-state index contributed by atoms with van der Waals surface area (Å²) >= 11 is 0. The smallest absolute Gasteiger partial charge is 0.333 e. The Bertz CT molecular complexity index is 825. The first kappa shape index (κ1) is 14.7. The third-order valence-electron chi connectivity index (χ3n) is 2.88. The van der Waals surface area contributed by atoms with Crippen molar-refractivity contribution < 1.29 is 18.1 Å². The van der Waals surface area contributed by atoms with Gasteiger partial charge in [-0.3, -0.25) is 14.8 Å². The lowest BCUT2D eigenvalue weighted by Gasteiger charge is -1.96. The van der Waals surface area contributed by atoms with Crippen LogP contribution in [0.25, 0.3) is 11.6 Å². The second-order valence-corrected chi connectivity index (χ2v) is 4.43. The van der Waals surface area contributed by atoms with Gasteiger partial charge in [0.05, 0.1) is 4.92 Å². The molecule has 0 aliphatic carbocycles. The Morgan fingerprint density at radius 2 is 2.22 bits per heavy atom. The molecule has 3 aromatic heterocycles. The lowest BCUT2D eigenvalue weighted by Crippen LogP contribution is -2.01. The van der Waals surface area contributed by atoms with Gasteiger partial charge in [0.1, 0.15) is 18.1 Å². The third-order valence-corrected chi connectivity index (χ3v) is 2.88. The maximum Gasteiger partial charge on any atom is 0.333 e. The van der Waals surface area contributed by atoms with E-state index in [0.717, 1.165) is 12.4 Å². The average molecular weight is 325 g/mol. The largest absolute Gasteiger partial charge is 0.419 e. The van der Waals surface area contributed by atoms with Gasteiger partial charge in [-0.2, -0.15) is 19.0 Å². The second kappa shape index (κ2) is 5.90. The van der Waals surface area contributed by atoms with Gasteiger partial charge in [0.15, 0.2) is 0 Å². The molecule has 0 saturated carbocycles. The molecule has 3 heterocycles. The van der Waals surface area contributed by atoms with E-state index in [-0.39, 0.29) is 29.6 Å². The highest BCUT2D eigenvalue weighted by molar-refractivity contribution is 5.44. The number of hydrogen-bond acceptors (Lipinski definition) is 7. The number of nitrogens with zero attached hydrogens (tertiary/aromatic N) is 7. The van der Waals surface area contributed by atoms with E-state index >= 15 is 0 Å². The zero-order valence-corrected chi connectivity index (χ0v) is 11.4. The summed E-state index contributed by atoms with van der Waals surface area (Å²) in [7, 11) is 0. The minimum atomic E-state index is -2.75. The molecule has 0 fully saturated rings. The van der Waals surface area contributed by atoms with Crippen LogP contribution < -0.4 is 0 Å². The van der Waals surface area contributed by atoms with Gasteiger partial charge < -0.3 is 4.42 Å². The van der Waals surface area contributed by atoms with Crippen molar-refractivity contribution in [2.24, 2.45) is 0 Å². The lowest BCUT2D eigenvalue weighted by atomic mass is 10.4. The predicted molar refractivity (Wildman–Crippen MR) is 69.4 cm³/mol. The first-order chi connectivity index (χ1) is 11.0. The fourth-order valence-electron chi connectivity index (χ4n) is 1.80. The van der Waals surface area contributed by atoms with Crippen molar-refractivity contribution >= 4 is 5.69 Å². The van der Waals surface area contributed by atoms with Crippen LogP contribution in [0, 0.1) is 10.1 Å². The highest BCUT2D eigenvalue weighted by Gasteiger charge is 2.15. The summed E-state index contributed by atoms with van der Waals surface area (Å²) in [6.07, 6.45) is 3.80. The molecule has 0 unspecified atom stereocenters. The van der Waals surface area contributed by atoms with Gasteiger partial charge in [0.2, 0.25) is 5.89 Å². The first-order valence-corrected chi connectivity index (χ1v) is 6.36.